The van der Waals surface area contributed by atoms with E-state index in [0.717, 1.165) is 30.7 Å². The second-order valence-electron chi connectivity index (χ2n) is 4.56. The van der Waals surface area contributed by atoms with Crippen molar-refractivity contribution in [1.82, 2.24) is 0 Å². The number of aryl methyl sites for hydroxylation is 1. The molecule has 100 valence electrons. The first kappa shape index (κ1) is 13.3. The van der Waals surface area contributed by atoms with E-state index in [4.69, 9.17) is 0 Å². The molecule has 1 heterocycles. The zero-order valence-corrected chi connectivity index (χ0v) is 13.2. The molecular formula is C16H12BrNOS. The van der Waals surface area contributed by atoms with Crippen LogP contribution in [-0.4, -0.2) is 5.91 Å². The second-order valence-corrected chi connectivity index (χ2v) is 6.56. The minimum Gasteiger partial charge on any atom is -0.321 e. The molecule has 0 bridgehead atoms. The molecule has 0 unspecified atom stereocenters. The summed E-state index contributed by atoms with van der Waals surface area (Å²) in [7, 11) is 0. The number of carbonyl (C=O) groups is 1. The van der Waals surface area contributed by atoms with Crippen LogP contribution in [0.25, 0.3) is 10.1 Å². The van der Waals surface area contributed by atoms with Crippen LogP contribution in [0.1, 0.15) is 15.2 Å². The Morgan fingerprint density at radius 1 is 1.15 bits per heavy atom. The van der Waals surface area contributed by atoms with E-state index in [9.17, 15) is 4.79 Å². The van der Waals surface area contributed by atoms with Gasteiger partial charge in [0.2, 0.25) is 0 Å². The Labute approximate surface area is 129 Å². The highest BCUT2D eigenvalue weighted by Gasteiger charge is 2.11. The van der Waals surface area contributed by atoms with Gasteiger partial charge in [-0.25, -0.2) is 0 Å². The summed E-state index contributed by atoms with van der Waals surface area (Å²) in [5.74, 6) is -0.0587. The van der Waals surface area contributed by atoms with Crippen LogP contribution in [0.15, 0.2) is 53.0 Å². The van der Waals surface area contributed by atoms with Gasteiger partial charge in [0.15, 0.2) is 0 Å². The maximum atomic E-state index is 12.3. The number of hydrogen-bond donors (Lipinski definition) is 1. The number of hydrogen-bond acceptors (Lipinski definition) is 2. The summed E-state index contributed by atoms with van der Waals surface area (Å²) in [6.45, 7) is 1.98. The minimum absolute atomic E-state index is 0.0587. The molecule has 0 radical (unpaired) electrons. The Balaban J connectivity index is 1.89. The summed E-state index contributed by atoms with van der Waals surface area (Å²) < 4.78 is 2.14. The Morgan fingerprint density at radius 3 is 2.70 bits per heavy atom. The first-order valence-corrected chi connectivity index (χ1v) is 7.80. The van der Waals surface area contributed by atoms with Crippen molar-refractivity contribution in [2.75, 3.05) is 5.32 Å². The maximum Gasteiger partial charge on any atom is 0.265 e. The van der Waals surface area contributed by atoms with Gasteiger partial charge in [-0.2, -0.15) is 0 Å². The molecule has 2 nitrogen and oxygen atoms in total. The predicted octanol–water partition coefficient (Wildman–Crippen LogP) is 5.22. The van der Waals surface area contributed by atoms with Gasteiger partial charge < -0.3 is 5.32 Å². The zero-order valence-electron chi connectivity index (χ0n) is 10.8. The molecule has 3 aromatic rings. The van der Waals surface area contributed by atoms with E-state index in [0.29, 0.717) is 0 Å². The van der Waals surface area contributed by atoms with E-state index in [-0.39, 0.29) is 5.91 Å². The molecule has 1 aromatic heterocycles. The monoisotopic (exact) mass is 345 g/mol. The van der Waals surface area contributed by atoms with E-state index in [1.54, 1.807) is 0 Å². The number of carbonyl (C=O) groups excluding carboxylic acids is 1. The van der Waals surface area contributed by atoms with Gasteiger partial charge in [0.25, 0.3) is 5.91 Å². The van der Waals surface area contributed by atoms with Crippen LogP contribution in [0, 0.1) is 6.92 Å². The van der Waals surface area contributed by atoms with Crippen molar-refractivity contribution in [3.05, 3.63) is 63.4 Å². The van der Waals surface area contributed by atoms with Crippen molar-refractivity contribution < 1.29 is 4.79 Å². The Morgan fingerprint density at radius 2 is 1.95 bits per heavy atom. The molecule has 4 heteroatoms. The van der Waals surface area contributed by atoms with Gasteiger partial charge >= 0.3 is 0 Å². The third-order valence-electron chi connectivity index (χ3n) is 3.09. The van der Waals surface area contributed by atoms with Crippen LogP contribution >= 0.6 is 27.3 Å². The number of benzene rings is 2. The highest BCUT2D eigenvalue weighted by Crippen LogP contribution is 2.27. The molecule has 0 aliphatic rings. The lowest BCUT2D eigenvalue weighted by Crippen LogP contribution is -2.10. The number of anilines is 1. The van der Waals surface area contributed by atoms with E-state index < -0.39 is 0 Å². The Hall–Kier alpha value is -1.65. The summed E-state index contributed by atoms with van der Waals surface area (Å²) in [4.78, 5) is 13.0. The molecule has 0 spiro atoms. The molecule has 3 rings (SSSR count). The Bertz CT molecular complexity index is 761. The lowest BCUT2D eigenvalue weighted by atomic mass is 10.2. The van der Waals surface area contributed by atoms with Crippen molar-refractivity contribution in [2.45, 2.75) is 6.92 Å². The van der Waals surface area contributed by atoms with Gasteiger partial charge in [-0.05, 0) is 48.2 Å². The zero-order chi connectivity index (χ0) is 14.1. The second kappa shape index (κ2) is 5.38. The molecule has 1 amide bonds. The third kappa shape index (κ3) is 2.62. The molecule has 0 aliphatic heterocycles. The van der Waals surface area contributed by atoms with Gasteiger partial charge in [-0.3, -0.25) is 4.79 Å². The Kier molecular flexibility index (Phi) is 3.59. The van der Waals surface area contributed by atoms with Gasteiger partial charge in [0.05, 0.1) is 4.88 Å². The van der Waals surface area contributed by atoms with Crippen LogP contribution in [0.4, 0.5) is 5.69 Å². The van der Waals surface area contributed by atoms with Crippen LogP contribution in [0.3, 0.4) is 0 Å². The van der Waals surface area contributed by atoms with Gasteiger partial charge in [0.1, 0.15) is 0 Å². The topological polar surface area (TPSA) is 29.1 Å². The summed E-state index contributed by atoms with van der Waals surface area (Å²) in [6.07, 6.45) is 0. The fraction of sp³-hybridized carbons (Fsp3) is 0.0625. The molecular weight excluding hydrogens is 334 g/mol. The lowest BCUT2D eigenvalue weighted by molar-refractivity contribution is 0.103. The van der Waals surface area contributed by atoms with Crippen molar-refractivity contribution in [3.8, 4) is 0 Å². The highest BCUT2D eigenvalue weighted by molar-refractivity contribution is 9.10. The fourth-order valence-corrected chi connectivity index (χ4v) is 3.48. The van der Waals surface area contributed by atoms with Crippen LogP contribution in [0.2, 0.25) is 0 Å². The van der Waals surface area contributed by atoms with Gasteiger partial charge in [-0.1, -0.05) is 34.1 Å². The smallest absolute Gasteiger partial charge is 0.265 e. The van der Waals surface area contributed by atoms with E-state index >= 15 is 0 Å². The summed E-state index contributed by atoms with van der Waals surface area (Å²) in [6, 6.07) is 15.8. The van der Waals surface area contributed by atoms with E-state index in [1.807, 2.05) is 55.5 Å². The molecule has 0 saturated carbocycles. The molecule has 20 heavy (non-hydrogen) atoms. The normalized spacial score (nSPS) is 10.7. The van der Waals surface area contributed by atoms with Gasteiger partial charge in [0, 0.05) is 14.9 Å². The number of fused-ring (bicyclic) bond motifs is 1. The quantitative estimate of drug-likeness (QED) is 0.677. The maximum absolute atomic E-state index is 12.3. The van der Waals surface area contributed by atoms with E-state index in [2.05, 4.69) is 21.2 Å². The first-order chi connectivity index (χ1) is 9.63. The summed E-state index contributed by atoms with van der Waals surface area (Å²) >= 11 is 4.93. The largest absolute Gasteiger partial charge is 0.321 e. The average molecular weight is 346 g/mol. The van der Waals surface area contributed by atoms with Crippen LogP contribution in [0.5, 0.6) is 0 Å². The first-order valence-electron chi connectivity index (χ1n) is 6.19. The highest BCUT2D eigenvalue weighted by atomic mass is 79.9. The van der Waals surface area contributed by atoms with Crippen LogP contribution < -0.4 is 5.32 Å². The third-order valence-corrected chi connectivity index (χ3v) is 4.69. The SMILES string of the molecule is Cc1cc(Br)ccc1NC(=O)c1cc2ccccc2s1. The molecule has 0 fully saturated rings. The van der Waals surface area contributed by atoms with Crippen molar-refractivity contribution >= 4 is 48.9 Å². The lowest BCUT2D eigenvalue weighted by Gasteiger charge is -2.07. The minimum atomic E-state index is -0.0587. The summed E-state index contributed by atoms with van der Waals surface area (Å²) in [5, 5.41) is 4.07. The number of thiophene rings is 1. The van der Waals surface area contributed by atoms with E-state index in [1.165, 1.54) is 11.3 Å². The molecule has 2 aromatic carbocycles. The molecule has 1 N–H and O–H groups in total. The van der Waals surface area contributed by atoms with Gasteiger partial charge in [-0.15, -0.1) is 11.3 Å². The summed E-state index contributed by atoms with van der Waals surface area (Å²) in [5.41, 5.74) is 1.88. The number of nitrogens with one attached hydrogen (secondary N) is 1. The predicted molar refractivity (Wildman–Crippen MR) is 88.7 cm³/mol. The average Bonchev–Trinajstić information content (AvgIpc) is 2.86. The number of amides is 1. The number of halogens is 1. The van der Waals surface area contributed by atoms with Crippen LogP contribution in [-0.2, 0) is 0 Å². The standard InChI is InChI=1S/C16H12BrNOS/c1-10-8-12(17)6-7-13(10)18-16(19)15-9-11-4-2-3-5-14(11)20-15/h2-9H,1H3,(H,18,19). The molecule has 0 saturated heterocycles. The van der Waals surface area contributed by atoms with Crippen molar-refractivity contribution in [3.63, 3.8) is 0 Å². The van der Waals surface area contributed by atoms with Crippen molar-refractivity contribution in [2.24, 2.45) is 0 Å². The fourth-order valence-electron chi connectivity index (χ4n) is 2.05. The van der Waals surface area contributed by atoms with Crippen molar-refractivity contribution in [1.29, 1.82) is 0 Å². The number of rotatable bonds is 2. The molecule has 0 aliphatic carbocycles. The molecule has 0 atom stereocenters.